The van der Waals surface area contributed by atoms with Crippen molar-refractivity contribution in [1.29, 1.82) is 0 Å². The largest absolute Gasteiger partial charge is 0.433 e. The Kier molecular flexibility index (Phi) is 3.68. The van der Waals surface area contributed by atoms with Crippen molar-refractivity contribution < 1.29 is 18.9 Å². The second-order valence-electron chi connectivity index (χ2n) is 5.03. The van der Waals surface area contributed by atoms with Crippen molar-refractivity contribution >= 4 is 11.8 Å². The lowest BCUT2D eigenvalue weighted by atomic mass is 10.1. The lowest BCUT2D eigenvalue weighted by molar-refractivity contribution is -0.402. The third kappa shape index (κ3) is 2.48. The SMILES string of the molecule is Cn1cccc1[C@@H]1COCCN1C(=O)c1ccc([N+](=O)[O-])o1. The van der Waals surface area contributed by atoms with Crippen LogP contribution in [0.3, 0.4) is 0 Å². The van der Waals surface area contributed by atoms with Crippen molar-refractivity contribution in [3.63, 3.8) is 0 Å². The zero-order valence-corrected chi connectivity index (χ0v) is 12.0. The van der Waals surface area contributed by atoms with E-state index >= 15 is 0 Å². The van der Waals surface area contributed by atoms with E-state index in [-0.39, 0.29) is 17.7 Å². The number of nitro groups is 1. The van der Waals surface area contributed by atoms with Gasteiger partial charge in [0.2, 0.25) is 0 Å². The van der Waals surface area contributed by atoms with Gasteiger partial charge in [-0.05, 0) is 18.2 Å². The zero-order chi connectivity index (χ0) is 15.7. The average molecular weight is 305 g/mol. The molecule has 0 unspecified atom stereocenters. The molecule has 116 valence electrons. The molecule has 1 saturated heterocycles. The van der Waals surface area contributed by atoms with E-state index < -0.39 is 10.8 Å². The molecule has 8 nitrogen and oxygen atoms in total. The monoisotopic (exact) mass is 305 g/mol. The summed E-state index contributed by atoms with van der Waals surface area (Å²) >= 11 is 0. The third-order valence-corrected chi connectivity index (χ3v) is 3.70. The Morgan fingerprint density at radius 2 is 2.23 bits per heavy atom. The van der Waals surface area contributed by atoms with Gasteiger partial charge in [0.25, 0.3) is 5.91 Å². The number of carbonyl (C=O) groups excluding carboxylic acids is 1. The molecule has 0 bridgehead atoms. The molecular weight excluding hydrogens is 290 g/mol. The second-order valence-corrected chi connectivity index (χ2v) is 5.03. The van der Waals surface area contributed by atoms with E-state index in [1.807, 2.05) is 29.9 Å². The van der Waals surface area contributed by atoms with Crippen LogP contribution in [0.25, 0.3) is 0 Å². The van der Waals surface area contributed by atoms with Gasteiger partial charge in [-0.15, -0.1) is 0 Å². The number of amides is 1. The fourth-order valence-electron chi connectivity index (χ4n) is 2.59. The van der Waals surface area contributed by atoms with Crippen molar-refractivity contribution in [3.8, 4) is 0 Å². The van der Waals surface area contributed by atoms with Gasteiger partial charge >= 0.3 is 5.88 Å². The van der Waals surface area contributed by atoms with E-state index in [1.165, 1.54) is 12.1 Å². The zero-order valence-electron chi connectivity index (χ0n) is 12.0. The molecule has 2 aromatic heterocycles. The van der Waals surface area contributed by atoms with Gasteiger partial charge in [0.1, 0.15) is 4.92 Å². The van der Waals surface area contributed by atoms with Crippen LogP contribution in [0.2, 0.25) is 0 Å². The van der Waals surface area contributed by atoms with Crippen LogP contribution in [0.15, 0.2) is 34.9 Å². The van der Waals surface area contributed by atoms with E-state index in [0.717, 1.165) is 5.69 Å². The fourth-order valence-corrected chi connectivity index (χ4v) is 2.59. The van der Waals surface area contributed by atoms with Crippen LogP contribution in [0.4, 0.5) is 5.88 Å². The molecule has 1 aliphatic rings. The number of aromatic nitrogens is 1. The second kappa shape index (κ2) is 5.64. The minimum atomic E-state index is -0.662. The van der Waals surface area contributed by atoms with Gasteiger partial charge < -0.3 is 18.6 Å². The highest BCUT2D eigenvalue weighted by Crippen LogP contribution is 2.27. The summed E-state index contributed by atoms with van der Waals surface area (Å²) in [6, 6.07) is 6.09. The van der Waals surface area contributed by atoms with Crippen molar-refractivity contribution in [2.45, 2.75) is 6.04 Å². The number of rotatable bonds is 3. The molecular formula is C14H15N3O5. The van der Waals surface area contributed by atoms with Gasteiger partial charge in [0.15, 0.2) is 5.76 Å². The average Bonchev–Trinajstić information content (AvgIpc) is 3.15. The van der Waals surface area contributed by atoms with E-state index in [0.29, 0.717) is 19.8 Å². The summed E-state index contributed by atoms with van der Waals surface area (Å²) in [6.07, 6.45) is 1.89. The predicted molar refractivity (Wildman–Crippen MR) is 75.4 cm³/mol. The molecule has 8 heteroatoms. The molecule has 0 aliphatic carbocycles. The molecule has 1 fully saturated rings. The summed E-state index contributed by atoms with van der Waals surface area (Å²) in [7, 11) is 1.89. The molecule has 0 N–H and O–H groups in total. The number of carbonyl (C=O) groups is 1. The van der Waals surface area contributed by atoms with Gasteiger partial charge in [-0.3, -0.25) is 14.9 Å². The van der Waals surface area contributed by atoms with Crippen LogP contribution in [0.1, 0.15) is 22.3 Å². The smallest absolute Gasteiger partial charge is 0.395 e. The van der Waals surface area contributed by atoms with Gasteiger partial charge in [0, 0.05) is 25.5 Å². The molecule has 0 spiro atoms. The summed E-state index contributed by atoms with van der Waals surface area (Å²) in [5.41, 5.74) is 0.939. The number of furan rings is 1. The third-order valence-electron chi connectivity index (χ3n) is 3.70. The molecule has 1 atom stereocenters. The highest BCUT2D eigenvalue weighted by molar-refractivity contribution is 5.92. The lowest BCUT2D eigenvalue weighted by Crippen LogP contribution is -2.43. The molecule has 3 heterocycles. The van der Waals surface area contributed by atoms with Gasteiger partial charge in [-0.2, -0.15) is 0 Å². The summed E-state index contributed by atoms with van der Waals surface area (Å²) in [5.74, 6) is -0.845. The van der Waals surface area contributed by atoms with Crippen LogP contribution >= 0.6 is 0 Å². The molecule has 2 aromatic rings. The topological polar surface area (TPSA) is 90.8 Å². The Bertz CT molecular complexity index is 705. The maximum absolute atomic E-state index is 12.6. The Morgan fingerprint density at radius 3 is 2.86 bits per heavy atom. The van der Waals surface area contributed by atoms with Crippen LogP contribution in [0.5, 0.6) is 0 Å². The maximum Gasteiger partial charge on any atom is 0.433 e. The van der Waals surface area contributed by atoms with Crippen LogP contribution < -0.4 is 0 Å². The molecule has 3 rings (SSSR count). The first-order valence-corrected chi connectivity index (χ1v) is 6.82. The van der Waals surface area contributed by atoms with Crippen LogP contribution in [0, 0.1) is 10.1 Å². The van der Waals surface area contributed by atoms with E-state index in [1.54, 1.807) is 4.90 Å². The Morgan fingerprint density at radius 1 is 1.41 bits per heavy atom. The lowest BCUT2D eigenvalue weighted by Gasteiger charge is -2.35. The first kappa shape index (κ1) is 14.3. The van der Waals surface area contributed by atoms with Gasteiger partial charge in [-0.1, -0.05) is 0 Å². The number of nitrogens with zero attached hydrogens (tertiary/aromatic N) is 3. The van der Waals surface area contributed by atoms with Gasteiger partial charge in [-0.25, -0.2) is 0 Å². The van der Waals surface area contributed by atoms with Gasteiger partial charge in [0.05, 0.1) is 25.3 Å². The summed E-state index contributed by atoms with van der Waals surface area (Å²) in [6.45, 7) is 1.21. The Balaban J connectivity index is 1.88. The minimum Gasteiger partial charge on any atom is -0.395 e. The van der Waals surface area contributed by atoms with Crippen LogP contribution in [-0.4, -0.2) is 40.1 Å². The van der Waals surface area contributed by atoms with Crippen LogP contribution in [-0.2, 0) is 11.8 Å². The molecule has 0 saturated carbocycles. The van der Waals surface area contributed by atoms with Crippen molar-refractivity contribution in [1.82, 2.24) is 9.47 Å². The number of hydrogen-bond donors (Lipinski definition) is 0. The minimum absolute atomic E-state index is 0.0344. The van der Waals surface area contributed by atoms with E-state index in [9.17, 15) is 14.9 Å². The number of hydrogen-bond acceptors (Lipinski definition) is 5. The molecule has 1 aliphatic heterocycles. The first-order chi connectivity index (χ1) is 10.6. The normalized spacial score (nSPS) is 18.4. The highest BCUT2D eigenvalue weighted by atomic mass is 16.6. The number of aryl methyl sites for hydroxylation is 1. The highest BCUT2D eigenvalue weighted by Gasteiger charge is 2.32. The summed E-state index contributed by atoms with van der Waals surface area (Å²) in [5, 5.41) is 10.7. The standard InChI is InChI=1S/C14H15N3O5/c1-15-6-2-3-10(15)11-9-21-8-7-16(11)14(18)12-4-5-13(22-12)17(19)20/h2-6,11H,7-9H2,1H3/t11-/m0/s1. The first-order valence-electron chi connectivity index (χ1n) is 6.82. The predicted octanol–water partition coefficient (Wildman–Crippen LogP) is 1.74. The Labute approximate surface area is 126 Å². The summed E-state index contributed by atoms with van der Waals surface area (Å²) < 4.78 is 12.4. The number of morpholine rings is 1. The van der Waals surface area contributed by atoms with E-state index in [4.69, 9.17) is 9.15 Å². The van der Waals surface area contributed by atoms with Crippen molar-refractivity contribution in [3.05, 3.63) is 52.0 Å². The summed E-state index contributed by atoms with van der Waals surface area (Å²) in [4.78, 5) is 24.2. The molecule has 22 heavy (non-hydrogen) atoms. The van der Waals surface area contributed by atoms with Crippen molar-refractivity contribution in [2.75, 3.05) is 19.8 Å². The molecule has 0 aromatic carbocycles. The quantitative estimate of drug-likeness (QED) is 0.636. The maximum atomic E-state index is 12.6. The van der Waals surface area contributed by atoms with Crippen molar-refractivity contribution in [2.24, 2.45) is 7.05 Å². The van der Waals surface area contributed by atoms with E-state index in [2.05, 4.69) is 0 Å². The Hall–Kier alpha value is -2.61. The molecule has 0 radical (unpaired) electrons. The molecule has 1 amide bonds. The number of ether oxygens (including phenoxy) is 1. The fraction of sp³-hybridized carbons (Fsp3) is 0.357.